The summed E-state index contributed by atoms with van der Waals surface area (Å²) in [5.41, 5.74) is 13.8. The Kier molecular flexibility index (Phi) is 13.6. The maximum absolute atomic E-state index is 14.3. The third-order valence-corrected chi connectivity index (χ3v) is 14.8. The number of aliphatic hydroxyl groups is 1. The van der Waals surface area contributed by atoms with Crippen molar-refractivity contribution in [3.63, 3.8) is 0 Å². The lowest BCUT2D eigenvalue weighted by Gasteiger charge is -2.37. The molecule has 362 valence electrons. The summed E-state index contributed by atoms with van der Waals surface area (Å²) in [4.78, 5) is 62.9. The number of aryl methyl sites for hydroxylation is 1. The lowest BCUT2D eigenvalue weighted by Crippen LogP contribution is -2.59. The number of anilines is 2. The first kappa shape index (κ1) is 47.5. The second-order valence-corrected chi connectivity index (χ2v) is 20.6. The number of rotatable bonds is 12. The lowest BCUT2D eigenvalue weighted by atomic mass is 9.84. The van der Waals surface area contributed by atoms with E-state index in [1.165, 1.54) is 4.90 Å². The third kappa shape index (κ3) is 10.3. The van der Waals surface area contributed by atoms with Crippen molar-refractivity contribution in [1.29, 1.82) is 0 Å². The van der Waals surface area contributed by atoms with Crippen molar-refractivity contribution in [3.8, 4) is 27.4 Å². The molecule has 18 nitrogen and oxygen atoms in total. The first-order valence-electron chi connectivity index (χ1n) is 23.8. The number of phenolic OH excluding ortho intramolecular Hbond substituents is 1. The lowest BCUT2D eigenvalue weighted by molar-refractivity contribution is -0.145. The van der Waals surface area contributed by atoms with Crippen molar-refractivity contribution >= 4 is 51.9 Å². The van der Waals surface area contributed by atoms with Crippen LogP contribution in [-0.2, 0) is 20.9 Å². The Hall–Kier alpha value is -6.57. The number of carbonyl (C=O) groups is 3. The molecule has 9 rings (SSSR count). The number of nitrogen functional groups attached to an aromatic ring is 1. The molecule has 2 aromatic carbocycles. The van der Waals surface area contributed by atoms with Gasteiger partial charge in [0.2, 0.25) is 23.7 Å². The van der Waals surface area contributed by atoms with Crippen LogP contribution in [0.25, 0.3) is 32.7 Å². The van der Waals surface area contributed by atoms with Crippen molar-refractivity contribution < 1.29 is 24.6 Å². The number of hydrogen-bond donors (Lipinski definition) is 5. The van der Waals surface area contributed by atoms with Gasteiger partial charge in [-0.15, -0.1) is 21.5 Å². The molecule has 0 aliphatic carbocycles. The van der Waals surface area contributed by atoms with Crippen LogP contribution < -0.4 is 21.3 Å². The average Bonchev–Trinajstić information content (AvgIpc) is 4.06. The molecule has 3 aliphatic rings. The first-order chi connectivity index (χ1) is 33.1. The second kappa shape index (κ2) is 19.8. The molecule has 3 saturated heterocycles. The molecule has 6 aromatic rings. The minimum Gasteiger partial charge on any atom is -0.507 e. The van der Waals surface area contributed by atoms with E-state index in [0.717, 1.165) is 58.7 Å². The van der Waals surface area contributed by atoms with Gasteiger partial charge < -0.3 is 36.4 Å². The minimum absolute atomic E-state index is 0.0125. The van der Waals surface area contributed by atoms with Crippen LogP contribution in [0.4, 0.5) is 11.8 Å². The van der Waals surface area contributed by atoms with Crippen LogP contribution in [0.1, 0.15) is 88.7 Å². The van der Waals surface area contributed by atoms with Crippen LogP contribution in [0.2, 0.25) is 0 Å². The molecule has 4 aromatic heterocycles. The first-order valence-corrected chi connectivity index (χ1v) is 24.7. The number of likely N-dealkylation sites (tertiary alicyclic amines) is 2. The summed E-state index contributed by atoms with van der Waals surface area (Å²) in [5, 5.41) is 40.6. The van der Waals surface area contributed by atoms with E-state index in [0.29, 0.717) is 61.0 Å². The maximum atomic E-state index is 14.3. The maximum Gasteiger partial charge on any atom is 0.246 e. The number of nitrogens with zero attached hydrogens (tertiary/aromatic N) is 10. The van der Waals surface area contributed by atoms with Gasteiger partial charge in [0.25, 0.3) is 0 Å². The van der Waals surface area contributed by atoms with Crippen molar-refractivity contribution in [2.24, 2.45) is 11.3 Å². The number of para-hydroxylation sites is 1. The summed E-state index contributed by atoms with van der Waals surface area (Å²) in [7, 11) is 0. The number of aromatic hydroxyl groups is 1. The zero-order chi connectivity index (χ0) is 48.6. The smallest absolute Gasteiger partial charge is 0.246 e. The number of nitrogens with one attached hydrogen (secondary N) is 2. The number of benzene rings is 2. The number of hydrogen-bond acceptors (Lipinski definition) is 15. The fourth-order valence-electron chi connectivity index (χ4n) is 9.85. The van der Waals surface area contributed by atoms with E-state index in [4.69, 9.17) is 15.7 Å². The summed E-state index contributed by atoms with van der Waals surface area (Å²) in [5.74, 6) is -0.0568. The summed E-state index contributed by atoms with van der Waals surface area (Å²) >= 11 is 1.58. The van der Waals surface area contributed by atoms with Crippen molar-refractivity contribution in [2.75, 3.05) is 43.4 Å². The molecule has 1 unspecified atom stereocenters. The fraction of sp³-hybridized carbons (Fsp3) is 0.460. The number of piperidine rings is 2. The fourth-order valence-corrected chi connectivity index (χ4v) is 10.7. The molecule has 0 spiro atoms. The van der Waals surface area contributed by atoms with Crippen LogP contribution in [0, 0.1) is 18.3 Å². The van der Waals surface area contributed by atoms with Gasteiger partial charge in [-0.25, -0.2) is 15.0 Å². The number of nitrogens with two attached hydrogens (primary N) is 1. The Morgan fingerprint density at radius 1 is 0.913 bits per heavy atom. The number of aromatic nitrogens is 7. The minimum atomic E-state index is -0.895. The highest BCUT2D eigenvalue weighted by Gasteiger charge is 2.45. The number of β-amino-alcohol motifs (C(OH)–C–C–N with tert-alkyl or cyclic N) is 1. The SMILES string of the molecule is Cc1ncsc1-c1ccc([C@H](C)NC(=O)[C@@H]2C[C@@H](O)CN2C(=O)C(NC(=O)C2CCN(Cc3cnc(N4CCC(n5nc(N)c6nnc(-c7ccccc7O)cc65)CC4)nc3)CC2)C(C)(C)C)cc1. The predicted molar refractivity (Wildman–Crippen MR) is 264 cm³/mol. The highest BCUT2D eigenvalue weighted by molar-refractivity contribution is 7.13. The standard InChI is InChI=1S/C50H61N13O5S/c1-29(32-10-12-33(13-11-32)43-30(2)54-28-69-43)55-47(67)40-22-36(64)27-62(40)48(68)44(50(3,4)5)56-46(66)34-14-18-60(19-15-34)26-31-24-52-49(53-25-31)61-20-16-35(17-21-61)63-39-23-38(37-8-6-7-9-41(37)65)57-58-42(39)45(51)59-63/h6-13,23-25,28-29,34-36,40,44,64-65H,14-22,26-27H2,1-5H3,(H2,51,59)(H,55,67)(H,56,66)/t29-,36+,40-,44?/m0/s1. The number of phenols is 1. The Balaban J connectivity index is 0.754. The average molecular weight is 956 g/mol. The van der Waals surface area contributed by atoms with Gasteiger partial charge in [0.05, 0.1) is 45.5 Å². The predicted octanol–water partition coefficient (Wildman–Crippen LogP) is 5.43. The van der Waals surface area contributed by atoms with Crippen LogP contribution in [0.15, 0.2) is 72.5 Å². The van der Waals surface area contributed by atoms with E-state index in [1.807, 2.05) is 93.6 Å². The molecule has 0 bridgehead atoms. The second-order valence-electron chi connectivity index (χ2n) is 19.8. The Morgan fingerprint density at radius 3 is 2.29 bits per heavy atom. The van der Waals surface area contributed by atoms with E-state index in [9.17, 15) is 24.6 Å². The van der Waals surface area contributed by atoms with Gasteiger partial charge in [-0.3, -0.25) is 24.0 Å². The van der Waals surface area contributed by atoms with Crippen LogP contribution >= 0.6 is 11.3 Å². The quantitative estimate of drug-likeness (QED) is 0.103. The highest BCUT2D eigenvalue weighted by Crippen LogP contribution is 2.34. The van der Waals surface area contributed by atoms with Crippen molar-refractivity contribution in [2.45, 2.75) is 104 Å². The molecule has 3 fully saturated rings. The third-order valence-electron chi connectivity index (χ3n) is 13.8. The molecule has 69 heavy (non-hydrogen) atoms. The summed E-state index contributed by atoms with van der Waals surface area (Å²) in [6.07, 6.45) is 5.86. The van der Waals surface area contributed by atoms with E-state index < -0.39 is 23.6 Å². The molecule has 19 heteroatoms. The molecular weight excluding hydrogens is 895 g/mol. The molecule has 4 atom stereocenters. The number of carbonyl (C=O) groups excluding carboxylic acids is 3. The molecular formula is C50H61N13O5S. The molecule has 3 aliphatic heterocycles. The molecule has 0 radical (unpaired) electrons. The van der Waals surface area contributed by atoms with Crippen molar-refractivity contribution in [3.05, 3.63) is 89.3 Å². The number of thiazole rings is 1. The molecule has 6 N–H and O–H groups in total. The zero-order valence-corrected chi connectivity index (χ0v) is 40.6. The highest BCUT2D eigenvalue weighted by atomic mass is 32.1. The van der Waals surface area contributed by atoms with Gasteiger partial charge in [-0.1, -0.05) is 57.2 Å². The van der Waals surface area contributed by atoms with Gasteiger partial charge in [0.15, 0.2) is 11.3 Å². The molecule has 7 heterocycles. The Labute approximate surface area is 405 Å². The van der Waals surface area contributed by atoms with E-state index >= 15 is 0 Å². The molecule has 3 amide bonds. The summed E-state index contributed by atoms with van der Waals surface area (Å²) < 4.78 is 1.94. The van der Waals surface area contributed by atoms with Gasteiger partial charge in [0, 0.05) is 62.0 Å². The van der Waals surface area contributed by atoms with Gasteiger partial charge in [-0.05, 0) is 87.4 Å². The van der Waals surface area contributed by atoms with E-state index in [1.54, 1.807) is 29.5 Å². The van der Waals surface area contributed by atoms with Gasteiger partial charge in [0.1, 0.15) is 17.8 Å². The summed E-state index contributed by atoms with van der Waals surface area (Å²) in [6.45, 7) is 13.1. The summed E-state index contributed by atoms with van der Waals surface area (Å²) in [6, 6.07) is 14.9. The normalized spacial score (nSPS) is 19.4. The van der Waals surface area contributed by atoms with E-state index in [-0.39, 0.29) is 54.4 Å². The molecule has 0 saturated carbocycles. The van der Waals surface area contributed by atoms with Crippen LogP contribution in [0.3, 0.4) is 0 Å². The number of aliphatic hydroxyl groups excluding tert-OH is 1. The monoisotopic (exact) mass is 955 g/mol. The number of fused-ring (bicyclic) bond motifs is 1. The zero-order valence-electron chi connectivity index (χ0n) is 39.7. The van der Waals surface area contributed by atoms with Crippen molar-refractivity contribution in [1.82, 2.24) is 55.4 Å². The van der Waals surface area contributed by atoms with Crippen LogP contribution in [0.5, 0.6) is 5.75 Å². The topological polar surface area (TPSA) is 234 Å². The van der Waals surface area contributed by atoms with E-state index in [2.05, 4.69) is 40.7 Å². The number of amides is 3. The Bertz CT molecular complexity index is 2790. The largest absolute Gasteiger partial charge is 0.507 e. The van der Waals surface area contributed by atoms with Crippen LogP contribution in [-0.4, -0.2) is 124 Å². The van der Waals surface area contributed by atoms with Gasteiger partial charge in [-0.2, -0.15) is 5.10 Å². The Morgan fingerprint density at radius 2 is 1.62 bits per heavy atom. The van der Waals surface area contributed by atoms with Gasteiger partial charge >= 0.3 is 0 Å².